The van der Waals surface area contributed by atoms with Crippen molar-refractivity contribution < 1.29 is 14.3 Å². The first-order chi connectivity index (χ1) is 13.2. The number of nitrogens with one attached hydrogen (secondary N) is 1. The highest BCUT2D eigenvalue weighted by Crippen LogP contribution is 2.34. The molecule has 4 heterocycles. The van der Waals surface area contributed by atoms with Crippen molar-refractivity contribution in [3.63, 3.8) is 0 Å². The fourth-order valence-electron chi connectivity index (χ4n) is 3.76. The van der Waals surface area contributed by atoms with Gasteiger partial charge < -0.3 is 19.4 Å². The molecule has 27 heavy (non-hydrogen) atoms. The highest BCUT2D eigenvalue weighted by Gasteiger charge is 2.21. The number of aryl methyl sites for hydroxylation is 3. The minimum atomic E-state index is -0.197. The number of rotatable bonds is 2. The number of pyridine rings is 1. The van der Waals surface area contributed by atoms with Gasteiger partial charge in [-0.1, -0.05) is 6.42 Å². The molecule has 1 N–H and O–H groups in total. The van der Waals surface area contributed by atoms with E-state index in [0.29, 0.717) is 28.3 Å². The fourth-order valence-corrected chi connectivity index (χ4v) is 3.76. The molecular formula is C20H20N4O3. The summed E-state index contributed by atoms with van der Waals surface area (Å²) in [6.07, 6.45) is 4.38. The Kier molecular flexibility index (Phi) is 3.74. The smallest absolute Gasteiger partial charge is 0.258 e. The average Bonchev–Trinajstić information content (AvgIpc) is 3.18. The predicted molar refractivity (Wildman–Crippen MR) is 100 cm³/mol. The third-order valence-corrected chi connectivity index (χ3v) is 5.07. The van der Waals surface area contributed by atoms with Crippen molar-refractivity contribution in [2.75, 3.05) is 12.1 Å². The van der Waals surface area contributed by atoms with Gasteiger partial charge >= 0.3 is 0 Å². The monoisotopic (exact) mass is 364 g/mol. The molecule has 1 aromatic carbocycles. The lowest BCUT2D eigenvalue weighted by Crippen LogP contribution is -2.13. The maximum atomic E-state index is 13.0. The molecule has 3 aromatic rings. The molecule has 7 heteroatoms. The van der Waals surface area contributed by atoms with Crippen LogP contribution < -0.4 is 14.8 Å². The minimum absolute atomic E-state index is 0.197. The third kappa shape index (κ3) is 2.79. The second-order valence-corrected chi connectivity index (χ2v) is 7.00. The second-order valence-electron chi connectivity index (χ2n) is 7.00. The van der Waals surface area contributed by atoms with E-state index in [1.807, 2.05) is 6.92 Å². The van der Waals surface area contributed by atoms with E-state index in [2.05, 4.69) is 14.9 Å². The molecule has 1 amide bonds. The Morgan fingerprint density at radius 3 is 2.93 bits per heavy atom. The van der Waals surface area contributed by atoms with Crippen molar-refractivity contribution in [3.8, 4) is 11.5 Å². The van der Waals surface area contributed by atoms with Gasteiger partial charge in [0.05, 0.1) is 5.56 Å². The lowest BCUT2D eigenvalue weighted by Gasteiger charge is -2.08. The van der Waals surface area contributed by atoms with Gasteiger partial charge in [-0.25, -0.2) is 9.97 Å². The molecule has 5 rings (SSSR count). The molecule has 0 saturated heterocycles. The van der Waals surface area contributed by atoms with E-state index < -0.39 is 0 Å². The predicted octanol–water partition coefficient (Wildman–Crippen LogP) is 3.45. The van der Waals surface area contributed by atoms with Crippen molar-refractivity contribution >= 4 is 22.8 Å². The van der Waals surface area contributed by atoms with Gasteiger partial charge in [0.25, 0.3) is 5.91 Å². The summed E-state index contributed by atoms with van der Waals surface area (Å²) in [6.45, 7) is 3.02. The van der Waals surface area contributed by atoms with Crippen LogP contribution in [0, 0.1) is 6.92 Å². The van der Waals surface area contributed by atoms with Gasteiger partial charge in [0, 0.05) is 30.4 Å². The molecule has 0 fully saturated rings. The van der Waals surface area contributed by atoms with Crippen LogP contribution in [0.2, 0.25) is 0 Å². The second kappa shape index (κ2) is 6.26. The summed E-state index contributed by atoms with van der Waals surface area (Å²) in [5, 5.41) is 2.95. The number of anilines is 1. The number of hydrogen-bond acceptors (Lipinski definition) is 5. The van der Waals surface area contributed by atoms with Gasteiger partial charge in [-0.2, -0.15) is 0 Å². The zero-order valence-electron chi connectivity index (χ0n) is 15.1. The molecule has 7 nitrogen and oxygen atoms in total. The van der Waals surface area contributed by atoms with E-state index in [0.717, 1.165) is 43.0 Å². The Morgan fingerprint density at radius 1 is 1.11 bits per heavy atom. The maximum Gasteiger partial charge on any atom is 0.258 e. The van der Waals surface area contributed by atoms with Gasteiger partial charge in [-0.15, -0.1) is 0 Å². The van der Waals surface area contributed by atoms with E-state index >= 15 is 0 Å². The van der Waals surface area contributed by atoms with Crippen LogP contribution in [-0.2, 0) is 13.0 Å². The summed E-state index contributed by atoms with van der Waals surface area (Å²) in [4.78, 5) is 22.4. The topological polar surface area (TPSA) is 78.3 Å². The summed E-state index contributed by atoms with van der Waals surface area (Å²) in [6, 6.07) is 7.18. The van der Waals surface area contributed by atoms with Crippen LogP contribution in [0.15, 0.2) is 24.3 Å². The van der Waals surface area contributed by atoms with Crippen LogP contribution in [0.4, 0.5) is 5.69 Å². The third-order valence-electron chi connectivity index (χ3n) is 5.07. The number of benzene rings is 1. The Morgan fingerprint density at radius 2 is 2.00 bits per heavy atom. The van der Waals surface area contributed by atoms with E-state index in [-0.39, 0.29) is 12.7 Å². The number of aromatic nitrogens is 3. The summed E-state index contributed by atoms with van der Waals surface area (Å²) in [5.41, 5.74) is 3.51. The SMILES string of the molecule is Cc1cc(C(=O)Nc2ccc3c(c2)OCO3)c2nc3n(c2n1)CCCCC3. The largest absolute Gasteiger partial charge is 0.454 e. The van der Waals surface area contributed by atoms with Crippen molar-refractivity contribution in [1.82, 2.24) is 14.5 Å². The number of imidazole rings is 1. The van der Waals surface area contributed by atoms with Gasteiger partial charge in [-0.05, 0) is 38.0 Å². The Labute approximate surface area is 156 Å². The fraction of sp³-hybridized carbons (Fsp3) is 0.350. The van der Waals surface area contributed by atoms with Crippen LogP contribution in [0.25, 0.3) is 11.2 Å². The summed E-state index contributed by atoms with van der Waals surface area (Å²) in [7, 11) is 0. The first-order valence-corrected chi connectivity index (χ1v) is 9.27. The summed E-state index contributed by atoms with van der Waals surface area (Å²) >= 11 is 0. The van der Waals surface area contributed by atoms with Gasteiger partial charge in [0.15, 0.2) is 17.1 Å². The number of ether oxygens (including phenoxy) is 2. The minimum Gasteiger partial charge on any atom is -0.454 e. The molecular weight excluding hydrogens is 344 g/mol. The Balaban J connectivity index is 1.53. The number of carbonyl (C=O) groups excluding carboxylic acids is 1. The van der Waals surface area contributed by atoms with E-state index in [9.17, 15) is 4.79 Å². The van der Waals surface area contributed by atoms with Crippen molar-refractivity contribution in [1.29, 1.82) is 0 Å². The maximum absolute atomic E-state index is 13.0. The molecule has 2 aromatic heterocycles. The van der Waals surface area contributed by atoms with Crippen molar-refractivity contribution in [2.24, 2.45) is 0 Å². The summed E-state index contributed by atoms with van der Waals surface area (Å²) < 4.78 is 12.9. The van der Waals surface area contributed by atoms with Crippen molar-refractivity contribution in [3.05, 3.63) is 41.3 Å². The van der Waals surface area contributed by atoms with Gasteiger partial charge in [0.1, 0.15) is 11.3 Å². The van der Waals surface area contributed by atoms with Crippen LogP contribution in [-0.4, -0.2) is 27.2 Å². The standard InChI is InChI=1S/C20H20N4O3/c1-12-9-14(18-19(21-12)24-8-4-2-3-5-17(24)23-18)20(25)22-13-6-7-15-16(10-13)27-11-26-15/h6-7,9-10H,2-5,8,11H2,1H3,(H,22,25). The number of amides is 1. The molecule has 0 atom stereocenters. The van der Waals surface area contributed by atoms with E-state index in [1.54, 1.807) is 24.3 Å². The van der Waals surface area contributed by atoms with E-state index in [1.165, 1.54) is 6.42 Å². The molecule has 2 aliphatic heterocycles. The number of nitrogens with zero attached hydrogens (tertiary/aromatic N) is 3. The van der Waals surface area contributed by atoms with Gasteiger partial charge in [-0.3, -0.25) is 4.79 Å². The molecule has 0 bridgehead atoms. The molecule has 0 unspecified atom stereocenters. The number of hydrogen-bond donors (Lipinski definition) is 1. The average molecular weight is 364 g/mol. The Bertz CT molecular complexity index is 1060. The summed E-state index contributed by atoms with van der Waals surface area (Å²) in [5.74, 6) is 2.15. The normalized spacial score (nSPS) is 15.4. The van der Waals surface area contributed by atoms with Crippen molar-refractivity contribution in [2.45, 2.75) is 39.2 Å². The molecule has 0 radical (unpaired) electrons. The first kappa shape index (κ1) is 16.1. The zero-order chi connectivity index (χ0) is 18.4. The molecule has 0 spiro atoms. The Hall–Kier alpha value is -3.09. The van der Waals surface area contributed by atoms with Crippen LogP contribution >= 0.6 is 0 Å². The van der Waals surface area contributed by atoms with Gasteiger partial charge in [0.2, 0.25) is 6.79 Å². The lowest BCUT2D eigenvalue weighted by molar-refractivity contribution is 0.102. The quantitative estimate of drug-likeness (QED) is 0.753. The van der Waals surface area contributed by atoms with E-state index in [4.69, 9.17) is 14.5 Å². The molecule has 2 aliphatic rings. The highest BCUT2D eigenvalue weighted by molar-refractivity contribution is 6.11. The molecule has 0 saturated carbocycles. The molecule has 0 aliphatic carbocycles. The van der Waals surface area contributed by atoms with Crippen LogP contribution in [0.1, 0.15) is 41.1 Å². The lowest BCUT2D eigenvalue weighted by atomic mass is 10.1. The van der Waals surface area contributed by atoms with Crippen LogP contribution in [0.5, 0.6) is 11.5 Å². The number of carbonyl (C=O) groups is 1. The zero-order valence-corrected chi connectivity index (χ0v) is 15.1. The molecule has 138 valence electrons. The highest BCUT2D eigenvalue weighted by atomic mass is 16.7. The van der Waals surface area contributed by atoms with Crippen LogP contribution in [0.3, 0.4) is 0 Å². The number of fused-ring (bicyclic) bond motifs is 4. The first-order valence-electron chi connectivity index (χ1n) is 9.27.